The van der Waals surface area contributed by atoms with Gasteiger partial charge in [0.2, 0.25) is 5.91 Å². The predicted molar refractivity (Wildman–Crippen MR) is 95.9 cm³/mol. The number of benzene rings is 2. The van der Waals surface area contributed by atoms with Crippen molar-refractivity contribution in [3.05, 3.63) is 58.6 Å². The van der Waals surface area contributed by atoms with Crippen LogP contribution in [0.2, 0.25) is 5.02 Å². The number of rotatable bonds is 7. The van der Waals surface area contributed by atoms with Crippen LogP contribution in [0.5, 0.6) is 11.5 Å². The molecule has 0 saturated carbocycles. The molecule has 0 aromatic heterocycles. The molecule has 24 heavy (non-hydrogen) atoms. The van der Waals surface area contributed by atoms with E-state index in [1.165, 1.54) is 0 Å². The Morgan fingerprint density at radius 1 is 1.08 bits per heavy atom. The smallest absolute Gasteiger partial charge is 0.220 e. The highest BCUT2D eigenvalue weighted by atomic mass is 35.5. The van der Waals surface area contributed by atoms with Crippen molar-refractivity contribution in [2.24, 2.45) is 0 Å². The van der Waals surface area contributed by atoms with Crippen molar-refractivity contribution in [1.82, 2.24) is 5.32 Å². The summed E-state index contributed by atoms with van der Waals surface area (Å²) >= 11 is 5.86. The van der Waals surface area contributed by atoms with Crippen LogP contribution in [0.3, 0.4) is 0 Å². The summed E-state index contributed by atoms with van der Waals surface area (Å²) in [6.45, 7) is 1.95. The summed E-state index contributed by atoms with van der Waals surface area (Å²) in [5.41, 5.74) is 2.06. The number of amides is 1. The van der Waals surface area contributed by atoms with Crippen molar-refractivity contribution in [2.75, 3.05) is 14.2 Å². The zero-order chi connectivity index (χ0) is 17.5. The lowest BCUT2D eigenvalue weighted by molar-refractivity contribution is -0.121. The molecule has 0 aliphatic rings. The van der Waals surface area contributed by atoms with Gasteiger partial charge in [-0.15, -0.1) is 0 Å². The lowest BCUT2D eigenvalue weighted by atomic mass is 10.1. The molecule has 2 aromatic rings. The number of hydrogen-bond acceptors (Lipinski definition) is 3. The molecule has 2 rings (SSSR count). The van der Waals surface area contributed by atoms with Gasteiger partial charge in [0, 0.05) is 11.4 Å². The summed E-state index contributed by atoms with van der Waals surface area (Å²) < 4.78 is 10.5. The topological polar surface area (TPSA) is 47.6 Å². The summed E-state index contributed by atoms with van der Waals surface area (Å²) in [5, 5.41) is 3.70. The van der Waals surface area contributed by atoms with Crippen LogP contribution in [0.4, 0.5) is 0 Å². The molecule has 128 valence electrons. The van der Waals surface area contributed by atoms with Crippen molar-refractivity contribution < 1.29 is 14.3 Å². The number of carbonyl (C=O) groups excluding carboxylic acids is 1. The van der Waals surface area contributed by atoms with E-state index in [-0.39, 0.29) is 11.9 Å². The minimum atomic E-state index is -0.109. The van der Waals surface area contributed by atoms with Gasteiger partial charge >= 0.3 is 0 Å². The Hall–Kier alpha value is -2.20. The quantitative estimate of drug-likeness (QED) is 0.817. The normalized spacial score (nSPS) is 11.7. The SMILES string of the molecule is COc1ccc(C(C)NC(=O)CCc2ccc(Cl)cc2)cc1OC. The van der Waals surface area contributed by atoms with Crippen LogP contribution in [0.15, 0.2) is 42.5 Å². The Labute approximate surface area is 147 Å². The highest BCUT2D eigenvalue weighted by Crippen LogP contribution is 2.29. The zero-order valence-corrected chi connectivity index (χ0v) is 14.9. The van der Waals surface area contributed by atoms with Gasteiger partial charge in [-0.1, -0.05) is 29.8 Å². The molecule has 0 aliphatic heterocycles. The average molecular weight is 348 g/mol. The van der Waals surface area contributed by atoms with E-state index in [2.05, 4.69) is 5.32 Å². The van der Waals surface area contributed by atoms with Gasteiger partial charge in [-0.05, 0) is 48.7 Å². The molecular weight excluding hydrogens is 326 g/mol. The molecule has 0 spiro atoms. The Kier molecular flexibility index (Phi) is 6.50. The van der Waals surface area contributed by atoms with Gasteiger partial charge in [0.1, 0.15) is 0 Å². The maximum atomic E-state index is 12.2. The number of aryl methyl sites for hydroxylation is 1. The van der Waals surface area contributed by atoms with Gasteiger partial charge in [-0.2, -0.15) is 0 Å². The first kappa shape index (κ1) is 18.1. The van der Waals surface area contributed by atoms with Gasteiger partial charge in [-0.3, -0.25) is 4.79 Å². The molecule has 0 fully saturated rings. The second-order valence-corrected chi connectivity index (χ2v) is 5.97. The number of nitrogens with one attached hydrogen (secondary N) is 1. The van der Waals surface area contributed by atoms with Gasteiger partial charge in [0.15, 0.2) is 11.5 Å². The highest BCUT2D eigenvalue weighted by molar-refractivity contribution is 6.30. The van der Waals surface area contributed by atoms with Crippen molar-refractivity contribution in [3.63, 3.8) is 0 Å². The molecule has 0 heterocycles. The second kappa shape index (κ2) is 8.60. The van der Waals surface area contributed by atoms with Crippen molar-refractivity contribution in [1.29, 1.82) is 0 Å². The standard InChI is InChI=1S/C19H22ClNO3/c1-13(15-7-10-17(23-2)18(12-15)24-3)21-19(22)11-6-14-4-8-16(20)9-5-14/h4-5,7-10,12-13H,6,11H2,1-3H3,(H,21,22). The van der Waals surface area contributed by atoms with Crippen LogP contribution in [0.25, 0.3) is 0 Å². The summed E-state index contributed by atoms with van der Waals surface area (Å²) in [6, 6.07) is 13.1. The summed E-state index contributed by atoms with van der Waals surface area (Å²) in [6.07, 6.45) is 1.11. The van der Waals surface area contributed by atoms with Crippen LogP contribution in [-0.2, 0) is 11.2 Å². The third-order valence-electron chi connectivity index (χ3n) is 3.84. The van der Waals surface area contributed by atoms with E-state index in [1.807, 2.05) is 49.4 Å². The number of hydrogen-bond donors (Lipinski definition) is 1. The van der Waals surface area contributed by atoms with E-state index in [0.29, 0.717) is 29.4 Å². The maximum Gasteiger partial charge on any atom is 0.220 e. The van der Waals surface area contributed by atoms with Crippen LogP contribution in [0, 0.1) is 0 Å². The first-order valence-electron chi connectivity index (χ1n) is 7.79. The molecule has 5 heteroatoms. The van der Waals surface area contributed by atoms with Crippen molar-refractivity contribution in [3.8, 4) is 11.5 Å². The Morgan fingerprint density at radius 3 is 2.38 bits per heavy atom. The van der Waals surface area contributed by atoms with E-state index in [1.54, 1.807) is 14.2 Å². The number of halogens is 1. The largest absolute Gasteiger partial charge is 0.493 e. The molecule has 4 nitrogen and oxygen atoms in total. The van der Waals surface area contributed by atoms with E-state index >= 15 is 0 Å². The Balaban J connectivity index is 1.92. The van der Waals surface area contributed by atoms with E-state index < -0.39 is 0 Å². The van der Waals surface area contributed by atoms with E-state index in [0.717, 1.165) is 11.1 Å². The minimum Gasteiger partial charge on any atom is -0.493 e. The van der Waals surface area contributed by atoms with Gasteiger partial charge in [0.25, 0.3) is 0 Å². The fourth-order valence-electron chi connectivity index (χ4n) is 2.43. The van der Waals surface area contributed by atoms with Crippen LogP contribution in [-0.4, -0.2) is 20.1 Å². The number of ether oxygens (including phenoxy) is 2. The summed E-state index contributed by atoms with van der Waals surface area (Å²) in [4.78, 5) is 12.2. The maximum absolute atomic E-state index is 12.2. The van der Waals surface area contributed by atoms with Crippen LogP contribution < -0.4 is 14.8 Å². The molecule has 0 radical (unpaired) electrons. The molecule has 1 amide bonds. The molecule has 0 saturated heterocycles. The minimum absolute atomic E-state index is 0.00670. The van der Waals surface area contributed by atoms with Crippen molar-refractivity contribution >= 4 is 17.5 Å². The first-order valence-corrected chi connectivity index (χ1v) is 8.17. The second-order valence-electron chi connectivity index (χ2n) is 5.53. The average Bonchev–Trinajstić information content (AvgIpc) is 2.60. The van der Waals surface area contributed by atoms with Crippen LogP contribution in [0.1, 0.15) is 30.5 Å². The fourth-order valence-corrected chi connectivity index (χ4v) is 2.55. The monoisotopic (exact) mass is 347 g/mol. The molecule has 1 N–H and O–H groups in total. The summed E-state index contributed by atoms with van der Waals surface area (Å²) in [5.74, 6) is 1.33. The first-order chi connectivity index (χ1) is 11.5. The third kappa shape index (κ3) is 4.90. The lowest BCUT2D eigenvalue weighted by Gasteiger charge is -2.16. The number of carbonyl (C=O) groups is 1. The molecular formula is C19H22ClNO3. The van der Waals surface area contributed by atoms with Crippen molar-refractivity contribution in [2.45, 2.75) is 25.8 Å². The van der Waals surface area contributed by atoms with Gasteiger partial charge in [0.05, 0.1) is 20.3 Å². The van der Waals surface area contributed by atoms with Gasteiger partial charge < -0.3 is 14.8 Å². The molecule has 0 bridgehead atoms. The molecule has 2 aromatic carbocycles. The Morgan fingerprint density at radius 2 is 1.75 bits per heavy atom. The molecule has 1 atom stereocenters. The zero-order valence-electron chi connectivity index (χ0n) is 14.1. The van der Waals surface area contributed by atoms with Crippen LogP contribution >= 0.6 is 11.6 Å². The van der Waals surface area contributed by atoms with Gasteiger partial charge in [-0.25, -0.2) is 0 Å². The molecule has 0 aliphatic carbocycles. The lowest BCUT2D eigenvalue weighted by Crippen LogP contribution is -2.26. The van der Waals surface area contributed by atoms with E-state index in [4.69, 9.17) is 21.1 Å². The highest BCUT2D eigenvalue weighted by Gasteiger charge is 2.12. The fraction of sp³-hybridized carbons (Fsp3) is 0.316. The number of methoxy groups -OCH3 is 2. The predicted octanol–water partition coefficient (Wildman–Crippen LogP) is 4.17. The Bertz CT molecular complexity index is 686. The molecule has 1 unspecified atom stereocenters. The van der Waals surface area contributed by atoms with E-state index in [9.17, 15) is 4.79 Å². The third-order valence-corrected chi connectivity index (χ3v) is 4.09. The summed E-state index contributed by atoms with van der Waals surface area (Å²) in [7, 11) is 3.19.